The van der Waals surface area contributed by atoms with Crippen LogP contribution in [-0.2, 0) is 17.7 Å². The van der Waals surface area contributed by atoms with Crippen LogP contribution in [-0.4, -0.2) is 47.8 Å². The molecular formula is C21H26N4O3. The number of anilines is 2. The van der Waals surface area contributed by atoms with Gasteiger partial charge in [-0.05, 0) is 48.9 Å². The molecule has 7 heteroatoms. The number of carbonyl (C=O) groups is 1. The van der Waals surface area contributed by atoms with Crippen molar-refractivity contribution in [2.75, 3.05) is 37.0 Å². The van der Waals surface area contributed by atoms with Gasteiger partial charge in [-0.25, -0.2) is 9.78 Å². The molecule has 0 radical (unpaired) electrons. The summed E-state index contributed by atoms with van der Waals surface area (Å²) >= 11 is 0. The third kappa shape index (κ3) is 4.09. The van der Waals surface area contributed by atoms with Gasteiger partial charge in [-0.2, -0.15) is 4.98 Å². The fourth-order valence-electron chi connectivity index (χ4n) is 3.55. The highest BCUT2D eigenvalue weighted by molar-refractivity contribution is 5.89. The van der Waals surface area contributed by atoms with Gasteiger partial charge in [0.15, 0.2) is 0 Å². The molecule has 2 N–H and O–H groups in total. The number of aliphatic hydroxyl groups excluding tert-OH is 1. The molecule has 0 atom stereocenters. The number of esters is 1. The number of methoxy groups -OCH3 is 1. The number of ether oxygens (including phenoxy) is 1. The molecule has 0 bridgehead atoms. The molecule has 2 aliphatic rings. The van der Waals surface area contributed by atoms with Gasteiger partial charge >= 0.3 is 5.97 Å². The van der Waals surface area contributed by atoms with Crippen LogP contribution < -0.4 is 10.2 Å². The molecule has 1 aromatic carbocycles. The fourth-order valence-corrected chi connectivity index (χ4v) is 3.55. The Balaban J connectivity index is 1.55. The lowest BCUT2D eigenvalue weighted by Gasteiger charge is -2.30. The summed E-state index contributed by atoms with van der Waals surface area (Å²) < 4.78 is 4.82. The van der Waals surface area contributed by atoms with Crippen molar-refractivity contribution in [1.82, 2.24) is 9.97 Å². The second-order valence-electron chi connectivity index (χ2n) is 7.40. The SMILES string of the molecule is COC(=O)c1ccc2c(c1)CCN(c1cc(C3CC3)nc(NCCCO)n1)C2. The lowest BCUT2D eigenvalue weighted by molar-refractivity contribution is 0.0600. The minimum Gasteiger partial charge on any atom is -0.465 e. The third-order valence-electron chi connectivity index (χ3n) is 5.31. The molecule has 7 nitrogen and oxygen atoms in total. The molecule has 4 rings (SSSR count). The van der Waals surface area contributed by atoms with E-state index in [1.807, 2.05) is 18.2 Å². The summed E-state index contributed by atoms with van der Waals surface area (Å²) in [5.74, 6) is 1.82. The first-order chi connectivity index (χ1) is 13.7. The Hall–Kier alpha value is -2.67. The zero-order valence-corrected chi connectivity index (χ0v) is 16.1. The molecule has 0 spiro atoms. The first kappa shape index (κ1) is 18.7. The normalized spacial score (nSPS) is 15.9. The smallest absolute Gasteiger partial charge is 0.337 e. The number of nitrogens with one attached hydrogen (secondary N) is 1. The number of hydrogen-bond acceptors (Lipinski definition) is 7. The van der Waals surface area contributed by atoms with Crippen molar-refractivity contribution in [3.63, 3.8) is 0 Å². The quantitative estimate of drug-likeness (QED) is 0.562. The maximum atomic E-state index is 11.8. The minimum atomic E-state index is -0.297. The maximum absolute atomic E-state index is 11.8. The van der Waals surface area contributed by atoms with Crippen molar-refractivity contribution in [2.24, 2.45) is 0 Å². The Bertz CT molecular complexity index is 867. The monoisotopic (exact) mass is 382 g/mol. The van der Waals surface area contributed by atoms with Crippen LogP contribution in [0.2, 0.25) is 0 Å². The van der Waals surface area contributed by atoms with Crippen molar-refractivity contribution < 1.29 is 14.6 Å². The topological polar surface area (TPSA) is 87.6 Å². The van der Waals surface area contributed by atoms with Gasteiger partial charge in [0.25, 0.3) is 0 Å². The van der Waals surface area contributed by atoms with E-state index in [9.17, 15) is 4.79 Å². The van der Waals surface area contributed by atoms with E-state index in [0.29, 0.717) is 30.4 Å². The van der Waals surface area contributed by atoms with Crippen molar-refractivity contribution in [2.45, 2.75) is 38.1 Å². The highest BCUT2D eigenvalue weighted by Crippen LogP contribution is 2.40. The zero-order chi connectivity index (χ0) is 19.5. The Morgan fingerprint density at radius 2 is 2.14 bits per heavy atom. The van der Waals surface area contributed by atoms with E-state index in [1.165, 1.54) is 31.1 Å². The summed E-state index contributed by atoms with van der Waals surface area (Å²) in [6.07, 6.45) is 3.90. The van der Waals surface area contributed by atoms with E-state index in [-0.39, 0.29) is 12.6 Å². The van der Waals surface area contributed by atoms with Crippen LogP contribution >= 0.6 is 0 Å². The van der Waals surface area contributed by atoms with E-state index < -0.39 is 0 Å². The van der Waals surface area contributed by atoms with Gasteiger partial charge in [-0.15, -0.1) is 0 Å². The van der Waals surface area contributed by atoms with E-state index in [0.717, 1.165) is 31.0 Å². The van der Waals surface area contributed by atoms with Crippen molar-refractivity contribution >= 4 is 17.7 Å². The third-order valence-corrected chi connectivity index (χ3v) is 5.31. The van der Waals surface area contributed by atoms with Gasteiger partial charge < -0.3 is 20.1 Å². The summed E-state index contributed by atoms with van der Waals surface area (Å²) in [6.45, 7) is 2.41. The summed E-state index contributed by atoms with van der Waals surface area (Å²) in [5.41, 5.74) is 4.10. The number of carbonyl (C=O) groups excluding carboxylic acids is 1. The minimum absolute atomic E-state index is 0.151. The van der Waals surface area contributed by atoms with Crippen LogP contribution in [0.5, 0.6) is 0 Å². The molecule has 148 valence electrons. The Morgan fingerprint density at radius 3 is 2.89 bits per heavy atom. The number of hydrogen-bond donors (Lipinski definition) is 2. The Labute approximate surface area is 164 Å². The number of nitrogens with zero attached hydrogens (tertiary/aromatic N) is 3. The largest absolute Gasteiger partial charge is 0.465 e. The molecule has 1 fully saturated rings. The summed E-state index contributed by atoms with van der Waals surface area (Å²) in [4.78, 5) is 23.4. The molecule has 1 aromatic heterocycles. The van der Waals surface area contributed by atoms with E-state index in [2.05, 4.69) is 21.3 Å². The number of aromatic nitrogens is 2. The molecule has 2 heterocycles. The number of benzene rings is 1. The standard InChI is InChI=1S/C21H26N4O3/c1-28-20(27)16-5-6-17-13-25(9-7-15(17)11-16)19-12-18(14-3-4-14)23-21(24-19)22-8-2-10-26/h5-6,11-12,14,26H,2-4,7-10,13H2,1H3,(H,22,23,24). The van der Waals surface area contributed by atoms with Crippen LogP contribution in [0.3, 0.4) is 0 Å². The average molecular weight is 382 g/mol. The lowest BCUT2D eigenvalue weighted by Crippen LogP contribution is -2.31. The van der Waals surface area contributed by atoms with Crippen LogP contribution in [0.1, 0.15) is 52.4 Å². The molecular weight excluding hydrogens is 356 g/mol. The zero-order valence-electron chi connectivity index (χ0n) is 16.1. The van der Waals surface area contributed by atoms with Crippen LogP contribution in [0.15, 0.2) is 24.3 Å². The van der Waals surface area contributed by atoms with Gasteiger partial charge in [-0.1, -0.05) is 6.07 Å². The number of fused-ring (bicyclic) bond motifs is 1. The second-order valence-corrected chi connectivity index (χ2v) is 7.40. The molecule has 1 saturated carbocycles. The van der Waals surface area contributed by atoms with Gasteiger partial charge in [0, 0.05) is 38.2 Å². The molecule has 0 unspecified atom stereocenters. The van der Waals surface area contributed by atoms with Crippen LogP contribution in [0.4, 0.5) is 11.8 Å². The first-order valence-corrected chi connectivity index (χ1v) is 9.86. The summed E-state index contributed by atoms with van der Waals surface area (Å²) in [5, 5.41) is 12.2. The number of rotatable bonds is 7. The predicted octanol–water partition coefficient (Wildman–Crippen LogP) is 2.50. The van der Waals surface area contributed by atoms with Gasteiger partial charge in [0.2, 0.25) is 5.95 Å². The van der Waals surface area contributed by atoms with E-state index in [4.69, 9.17) is 14.8 Å². The summed E-state index contributed by atoms with van der Waals surface area (Å²) in [6, 6.07) is 7.89. The lowest BCUT2D eigenvalue weighted by atomic mass is 9.97. The predicted molar refractivity (Wildman–Crippen MR) is 107 cm³/mol. The molecule has 0 saturated heterocycles. The van der Waals surface area contributed by atoms with Gasteiger partial charge in [-0.3, -0.25) is 0 Å². The van der Waals surface area contributed by atoms with Crippen molar-refractivity contribution in [3.05, 3.63) is 46.6 Å². The van der Waals surface area contributed by atoms with E-state index >= 15 is 0 Å². The van der Waals surface area contributed by atoms with Crippen LogP contribution in [0, 0.1) is 0 Å². The van der Waals surface area contributed by atoms with Crippen molar-refractivity contribution in [1.29, 1.82) is 0 Å². The molecule has 28 heavy (non-hydrogen) atoms. The Kier molecular flexibility index (Phi) is 5.43. The van der Waals surface area contributed by atoms with Crippen molar-refractivity contribution in [3.8, 4) is 0 Å². The highest BCUT2D eigenvalue weighted by atomic mass is 16.5. The van der Waals surface area contributed by atoms with Gasteiger partial charge in [0.1, 0.15) is 5.82 Å². The molecule has 2 aromatic rings. The summed E-state index contributed by atoms with van der Waals surface area (Å²) in [7, 11) is 1.41. The molecule has 0 amide bonds. The maximum Gasteiger partial charge on any atom is 0.337 e. The fraction of sp³-hybridized carbons (Fsp3) is 0.476. The molecule has 1 aliphatic heterocycles. The van der Waals surface area contributed by atoms with Gasteiger partial charge in [0.05, 0.1) is 18.4 Å². The Morgan fingerprint density at radius 1 is 1.29 bits per heavy atom. The van der Waals surface area contributed by atoms with Crippen LogP contribution in [0.25, 0.3) is 0 Å². The number of aliphatic hydroxyl groups is 1. The van der Waals surface area contributed by atoms with E-state index in [1.54, 1.807) is 0 Å². The molecule has 1 aliphatic carbocycles. The first-order valence-electron chi connectivity index (χ1n) is 9.86. The second kappa shape index (κ2) is 8.14. The average Bonchev–Trinajstić information content (AvgIpc) is 3.58. The highest BCUT2D eigenvalue weighted by Gasteiger charge is 2.28.